The molecule has 0 atom stereocenters. The quantitative estimate of drug-likeness (QED) is 0.777. The number of benzene rings is 1. The van der Waals surface area contributed by atoms with Crippen LogP contribution in [0, 0.1) is 0 Å². The third-order valence-corrected chi connectivity index (χ3v) is 3.67. The summed E-state index contributed by atoms with van der Waals surface area (Å²) in [5.74, 6) is 1.70. The smallest absolute Gasteiger partial charge is 0.231 e. The number of hydrogen-bond acceptors (Lipinski definition) is 6. The van der Waals surface area contributed by atoms with Crippen molar-refractivity contribution in [3.63, 3.8) is 0 Å². The van der Waals surface area contributed by atoms with Crippen molar-refractivity contribution in [1.29, 1.82) is 0 Å². The Kier molecular flexibility index (Phi) is 4.16. The van der Waals surface area contributed by atoms with Gasteiger partial charge in [0, 0.05) is 17.9 Å². The van der Waals surface area contributed by atoms with E-state index < -0.39 is 9.84 Å². The van der Waals surface area contributed by atoms with Crippen molar-refractivity contribution in [3.8, 4) is 17.2 Å². The van der Waals surface area contributed by atoms with E-state index in [1.807, 2.05) is 0 Å². The third kappa shape index (κ3) is 3.74. The summed E-state index contributed by atoms with van der Waals surface area (Å²) >= 11 is 0. The molecule has 7 heteroatoms. The molecule has 1 aliphatic heterocycles. The second-order valence-corrected chi connectivity index (χ2v) is 6.56. The summed E-state index contributed by atoms with van der Waals surface area (Å²) in [6, 6.07) is 3.31. The molecule has 1 N–H and O–H groups in total. The summed E-state index contributed by atoms with van der Waals surface area (Å²) < 4.78 is 37.9. The highest BCUT2D eigenvalue weighted by Crippen LogP contribution is 2.38. The first-order valence-corrected chi connectivity index (χ1v) is 7.89. The minimum absolute atomic E-state index is 0.0754. The lowest BCUT2D eigenvalue weighted by Crippen LogP contribution is -2.08. The second kappa shape index (κ2) is 5.66. The van der Waals surface area contributed by atoms with Gasteiger partial charge in [0.15, 0.2) is 11.5 Å². The summed E-state index contributed by atoms with van der Waals surface area (Å²) in [5.41, 5.74) is 0.587. The molecule has 0 amide bonds. The van der Waals surface area contributed by atoms with E-state index in [1.165, 1.54) is 6.26 Å². The van der Waals surface area contributed by atoms with E-state index in [0.717, 1.165) is 0 Å². The zero-order valence-electron chi connectivity index (χ0n) is 10.6. The van der Waals surface area contributed by atoms with Crippen LogP contribution in [-0.4, -0.2) is 38.9 Å². The summed E-state index contributed by atoms with van der Waals surface area (Å²) in [5, 5.41) is 9.26. The molecule has 0 aromatic heterocycles. The molecular formula is C12H16O6S. The van der Waals surface area contributed by atoms with Crippen LogP contribution < -0.4 is 14.2 Å². The highest BCUT2D eigenvalue weighted by molar-refractivity contribution is 7.90. The molecule has 1 aliphatic rings. The molecule has 0 saturated heterocycles. The van der Waals surface area contributed by atoms with Gasteiger partial charge < -0.3 is 19.3 Å². The number of ether oxygens (including phenoxy) is 3. The zero-order valence-corrected chi connectivity index (χ0v) is 11.4. The summed E-state index contributed by atoms with van der Waals surface area (Å²) in [7, 11) is -2.98. The normalized spacial score (nSPS) is 13.6. The fourth-order valence-electron chi connectivity index (χ4n) is 1.73. The molecule has 0 saturated carbocycles. The largest absolute Gasteiger partial charge is 0.493 e. The van der Waals surface area contributed by atoms with E-state index in [2.05, 4.69) is 0 Å². The molecule has 2 rings (SSSR count). The lowest BCUT2D eigenvalue weighted by molar-refractivity contribution is 0.173. The Labute approximate surface area is 111 Å². The molecule has 0 spiro atoms. The second-order valence-electron chi connectivity index (χ2n) is 4.30. The van der Waals surface area contributed by atoms with E-state index in [4.69, 9.17) is 14.2 Å². The van der Waals surface area contributed by atoms with E-state index >= 15 is 0 Å². The van der Waals surface area contributed by atoms with Crippen LogP contribution in [0.2, 0.25) is 0 Å². The molecule has 106 valence electrons. The summed E-state index contributed by atoms with van der Waals surface area (Å²) in [4.78, 5) is 0. The standard InChI is InChI=1S/C12H16O6S/c1-19(14,15)4-2-3-16-10-6-12-11(17-8-18-12)5-9(10)7-13/h5-6,13H,2-4,7-8H2,1H3. The van der Waals surface area contributed by atoms with Gasteiger partial charge in [0.2, 0.25) is 6.79 Å². The average molecular weight is 288 g/mol. The fraction of sp³-hybridized carbons (Fsp3) is 0.500. The summed E-state index contributed by atoms with van der Waals surface area (Å²) in [6.07, 6.45) is 1.59. The Morgan fingerprint density at radius 1 is 1.32 bits per heavy atom. The van der Waals surface area contributed by atoms with Gasteiger partial charge in [-0.1, -0.05) is 0 Å². The first-order valence-electron chi connectivity index (χ1n) is 5.83. The number of rotatable bonds is 6. The highest BCUT2D eigenvalue weighted by atomic mass is 32.2. The van der Waals surface area contributed by atoms with Gasteiger partial charge in [0.05, 0.1) is 19.0 Å². The number of sulfone groups is 1. The Hall–Kier alpha value is -1.47. The minimum atomic E-state index is -2.98. The molecular weight excluding hydrogens is 272 g/mol. The number of aliphatic hydroxyl groups excluding tert-OH is 1. The monoisotopic (exact) mass is 288 g/mol. The van der Waals surface area contributed by atoms with Gasteiger partial charge in [-0.15, -0.1) is 0 Å². The van der Waals surface area contributed by atoms with E-state index in [0.29, 0.717) is 29.2 Å². The van der Waals surface area contributed by atoms with Gasteiger partial charge >= 0.3 is 0 Å². The van der Waals surface area contributed by atoms with Gasteiger partial charge in [-0.3, -0.25) is 0 Å². The molecule has 1 aromatic rings. The van der Waals surface area contributed by atoms with Crippen LogP contribution in [0.15, 0.2) is 12.1 Å². The fourth-order valence-corrected chi connectivity index (χ4v) is 2.37. The van der Waals surface area contributed by atoms with Crippen LogP contribution in [0.5, 0.6) is 17.2 Å². The zero-order chi connectivity index (χ0) is 13.9. The first-order chi connectivity index (χ1) is 8.99. The maximum atomic E-state index is 11.0. The molecule has 0 unspecified atom stereocenters. The van der Waals surface area contributed by atoms with Crippen molar-refractivity contribution in [2.45, 2.75) is 13.0 Å². The number of fused-ring (bicyclic) bond motifs is 1. The van der Waals surface area contributed by atoms with E-state index in [1.54, 1.807) is 12.1 Å². The molecule has 6 nitrogen and oxygen atoms in total. The van der Waals surface area contributed by atoms with Crippen molar-refractivity contribution >= 4 is 9.84 Å². The Morgan fingerprint density at radius 3 is 2.63 bits per heavy atom. The molecule has 1 heterocycles. The minimum Gasteiger partial charge on any atom is -0.493 e. The van der Waals surface area contributed by atoms with Crippen LogP contribution in [0.1, 0.15) is 12.0 Å². The van der Waals surface area contributed by atoms with Gasteiger partial charge in [0.1, 0.15) is 15.6 Å². The van der Waals surface area contributed by atoms with E-state index in [9.17, 15) is 13.5 Å². The van der Waals surface area contributed by atoms with Gasteiger partial charge in [-0.25, -0.2) is 8.42 Å². The third-order valence-electron chi connectivity index (χ3n) is 2.64. The number of hydrogen-bond donors (Lipinski definition) is 1. The van der Waals surface area contributed by atoms with Crippen LogP contribution >= 0.6 is 0 Å². The Morgan fingerprint density at radius 2 is 2.00 bits per heavy atom. The van der Waals surface area contributed by atoms with Crippen LogP contribution in [-0.2, 0) is 16.4 Å². The first kappa shape index (κ1) is 14.0. The highest BCUT2D eigenvalue weighted by Gasteiger charge is 2.17. The van der Waals surface area contributed by atoms with Crippen molar-refractivity contribution in [2.75, 3.05) is 25.4 Å². The molecule has 19 heavy (non-hydrogen) atoms. The van der Waals surface area contributed by atoms with Crippen molar-refractivity contribution < 1.29 is 27.7 Å². The van der Waals surface area contributed by atoms with Gasteiger partial charge in [0.25, 0.3) is 0 Å². The maximum absolute atomic E-state index is 11.0. The predicted molar refractivity (Wildman–Crippen MR) is 68.3 cm³/mol. The molecule has 0 fully saturated rings. The maximum Gasteiger partial charge on any atom is 0.231 e. The molecule has 1 aromatic carbocycles. The average Bonchev–Trinajstić information content (AvgIpc) is 2.79. The molecule has 0 bridgehead atoms. The lowest BCUT2D eigenvalue weighted by Gasteiger charge is -2.11. The predicted octanol–water partition coefficient (Wildman–Crippen LogP) is 0.721. The van der Waals surface area contributed by atoms with Gasteiger partial charge in [-0.05, 0) is 12.5 Å². The van der Waals surface area contributed by atoms with Crippen molar-refractivity contribution in [1.82, 2.24) is 0 Å². The van der Waals surface area contributed by atoms with Crippen LogP contribution in [0.3, 0.4) is 0 Å². The summed E-state index contributed by atoms with van der Waals surface area (Å²) in [6.45, 7) is 0.232. The van der Waals surface area contributed by atoms with E-state index in [-0.39, 0.29) is 25.8 Å². The SMILES string of the molecule is CS(=O)(=O)CCCOc1cc2c(cc1CO)OCO2. The van der Waals surface area contributed by atoms with Crippen LogP contribution in [0.25, 0.3) is 0 Å². The molecule has 0 radical (unpaired) electrons. The Balaban J connectivity index is 2.00. The number of aliphatic hydroxyl groups is 1. The van der Waals surface area contributed by atoms with Crippen molar-refractivity contribution in [2.24, 2.45) is 0 Å². The van der Waals surface area contributed by atoms with Crippen molar-refractivity contribution in [3.05, 3.63) is 17.7 Å². The molecule has 0 aliphatic carbocycles. The topological polar surface area (TPSA) is 82.1 Å². The lowest BCUT2D eigenvalue weighted by atomic mass is 10.2. The van der Waals surface area contributed by atoms with Crippen LogP contribution in [0.4, 0.5) is 0 Å². The van der Waals surface area contributed by atoms with Gasteiger partial charge in [-0.2, -0.15) is 0 Å². The Bertz CT molecular complexity index is 552.